The second kappa shape index (κ2) is 8.74. The zero-order chi connectivity index (χ0) is 18.4. The molecule has 0 aliphatic rings. The van der Waals surface area contributed by atoms with Gasteiger partial charge < -0.3 is 14.9 Å². The number of esters is 1. The highest BCUT2D eigenvalue weighted by molar-refractivity contribution is 6.31. The first kappa shape index (κ1) is 19.1. The number of anilines is 1. The maximum absolute atomic E-state index is 10.9. The minimum atomic E-state index is -0.311. The van der Waals surface area contributed by atoms with Crippen LogP contribution in [0.3, 0.4) is 0 Å². The monoisotopic (exact) mass is 380 g/mol. The number of hydrogen-bond acceptors (Lipinski definition) is 5. The molecule has 132 valence electrons. The van der Waals surface area contributed by atoms with Crippen LogP contribution in [0.2, 0.25) is 10.0 Å². The van der Waals surface area contributed by atoms with Crippen molar-refractivity contribution < 1.29 is 13.9 Å². The van der Waals surface area contributed by atoms with E-state index in [1.54, 1.807) is 37.3 Å². The topological polar surface area (TPSA) is 78.4 Å². The molecule has 0 saturated heterocycles. The number of halogens is 2. The number of aryl methyl sites for hydroxylation is 1. The van der Waals surface area contributed by atoms with Gasteiger partial charge in [0.25, 0.3) is 0 Å². The van der Waals surface area contributed by atoms with Crippen LogP contribution in [-0.2, 0) is 11.2 Å². The van der Waals surface area contributed by atoms with E-state index in [2.05, 4.69) is 4.98 Å². The predicted octanol–water partition coefficient (Wildman–Crippen LogP) is 5.28. The number of nitrogens with two attached hydrogens (primary N) is 1. The molecule has 2 aromatic carbocycles. The Morgan fingerprint density at radius 3 is 2.48 bits per heavy atom. The summed E-state index contributed by atoms with van der Waals surface area (Å²) in [7, 11) is 0. The average Bonchev–Trinajstić information content (AvgIpc) is 3.00. The van der Waals surface area contributed by atoms with Crippen molar-refractivity contribution in [3.05, 3.63) is 52.3 Å². The molecule has 1 aromatic heterocycles. The SMILES string of the molecule is CCC(=O)Oc1ccc(Cl)cc1N.CCc1nc2cc(Cl)ccc2o1. The zero-order valence-electron chi connectivity index (χ0n) is 13.9. The number of nitrogens with zero attached hydrogens (tertiary/aromatic N) is 1. The predicted molar refractivity (Wildman–Crippen MR) is 100 cm³/mol. The van der Waals surface area contributed by atoms with Gasteiger partial charge in [-0.3, -0.25) is 4.79 Å². The lowest BCUT2D eigenvalue weighted by molar-refractivity contribution is -0.133. The van der Waals surface area contributed by atoms with Gasteiger partial charge in [-0.15, -0.1) is 0 Å². The van der Waals surface area contributed by atoms with Crippen LogP contribution in [0.5, 0.6) is 5.75 Å². The van der Waals surface area contributed by atoms with Crippen LogP contribution >= 0.6 is 23.2 Å². The summed E-state index contributed by atoms with van der Waals surface area (Å²) in [5, 5.41) is 1.22. The molecule has 0 aliphatic carbocycles. The molecule has 1 heterocycles. The summed E-state index contributed by atoms with van der Waals surface area (Å²) < 4.78 is 10.3. The molecule has 0 aliphatic heterocycles. The minimum absolute atomic E-state index is 0.311. The molecule has 3 rings (SSSR count). The highest BCUT2D eigenvalue weighted by Crippen LogP contribution is 2.25. The smallest absolute Gasteiger partial charge is 0.310 e. The number of benzene rings is 2. The first-order valence-electron chi connectivity index (χ1n) is 7.73. The van der Waals surface area contributed by atoms with Crippen LogP contribution in [0.4, 0.5) is 5.69 Å². The van der Waals surface area contributed by atoms with Gasteiger partial charge in [0, 0.05) is 22.9 Å². The molecule has 5 nitrogen and oxygen atoms in total. The van der Waals surface area contributed by atoms with E-state index >= 15 is 0 Å². The first-order valence-corrected chi connectivity index (χ1v) is 8.49. The van der Waals surface area contributed by atoms with Crippen molar-refractivity contribution in [2.45, 2.75) is 26.7 Å². The fourth-order valence-corrected chi connectivity index (χ4v) is 2.25. The van der Waals surface area contributed by atoms with Crippen molar-refractivity contribution in [2.75, 3.05) is 5.73 Å². The molecule has 0 saturated carbocycles. The van der Waals surface area contributed by atoms with E-state index in [1.807, 2.05) is 13.0 Å². The second-order valence-corrected chi connectivity index (χ2v) is 5.96. The quantitative estimate of drug-likeness (QED) is 0.379. The Balaban J connectivity index is 0.000000181. The molecule has 7 heteroatoms. The highest BCUT2D eigenvalue weighted by Gasteiger charge is 2.05. The molecule has 0 amide bonds. The summed E-state index contributed by atoms with van der Waals surface area (Å²) in [6, 6.07) is 10.2. The number of fused-ring (bicyclic) bond motifs is 1. The van der Waals surface area contributed by atoms with Crippen molar-refractivity contribution in [3.8, 4) is 5.75 Å². The van der Waals surface area contributed by atoms with Crippen LogP contribution < -0.4 is 10.5 Å². The molecule has 0 radical (unpaired) electrons. The van der Waals surface area contributed by atoms with E-state index in [4.69, 9.17) is 38.1 Å². The molecule has 0 unspecified atom stereocenters. The van der Waals surface area contributed by atoms with Gasteiger partial charge in [-0.1, -0.05) is 37.0 Å². The van der Waals surface area contributed by atoms with Crippen molar-refractivity contribution in [2.24, 2.45) is 0 Å². The lowest BCUT2D eigenvalue weighted by Gasteiger charge is -2.05. The van der Waals surface area contributed by atoms with E-state index in [0.29, 0.717) is 27.9 Å². The van der Waals surface area contributed by atoms with Gasteiger partial charge in [-0.25, -0.2) is 4.98 Å². The molecule has 2 N–H and O–H groups in total. The van der Waals surface area contributed by atoms with Crippen LogP contribution in [0.1, 0.15) is 26.2 Å². The normalized spacial score (nSPS) is 10.2. The molecule has 25 heavy (non-hydrogen) atoms. The first-order chi connectivity index (χ1) is 11.9. The summed E-state index contributed by atoms with van der Waals surface area (Å²) in [4.78, 5) is 15.1. The standard InChI is InChI=1S/C9H10ClNO2.C9H8ClNO/c1-2-9(12)13-8-4-3-6(10)5-7(8)11;1-2-9-11-7-5-6(10)3-4-8(7)12-9/h3-5H,2,11H2,1H3;3-5H,2H2,1H3. The maximum atomic E-state index is 10.9. The fourth-order valence-electron chi connectivity index (χ4n) is 1.91. The number of rotatable bonds is 3. The summed E-state index contributed by atoms with van der Waals surface area (Å²) in [5.41, 5.74) is 7.57. The van der Waals surface area contributed by atoms with Crippen LogP contribution in [0, 0.1) is 0 Å². The summed E-state index contributed by atoms with van der Waals surface area (Å²) in [5.74, 6) is 0.803. The van der Waals surface area contributed by atoms with Crippen molar-refractivity contribution in [3.63, 3.8) is 0 Å². The van der Waals surface area contributed by atoms with Gasteiger partial charge in [-0.2, -0.15) is 0 Å². The third kappa shape index (κ3) is 5.37. The van der Waals surface area contributed by atoms with E-state index in [-0.39, 0.29) is 5.97 Å². The fraction of sp³-hybridized carbons (Fsp3) is 0.222. The van der Waals surface area contributed by atoms with E-state index in [1.165, 1.54) is 0 Å². The number of carbonyl (C=O) groups excluding carboxylic acids is 1. The summed E-state index contributed by atoms with van der Waals surface area (Å²) in [6.07, 6.45) is 1.13. The molecule has 0 spiro atoms. The molecule has 3 aromatic rings. The Labute approximate surface area is 155 Å². The molecule has 0 atom stereocenters. The third-order valence-corrected chi connectivity index (χ3v) is 3.65. The average molecular weight is 381 g/mol. The lowest BCUT2D eigenvalue weighted by Crippen LogP contribution is -2.07. The van der Waals surface area contributed by atoms with E-state index in [9.17, 15) is 4.79 Å². The minimum Gasteiger partial charge on any atom is -0.441 e. The largest absolute Gasteiger partial charge is 0.441 e. The third-order valence-electron chi connectivity index (χ3n) is 3.18. The Hall–Kier alpha value is -2.24. The van der Waals surface area contributed by atoms with Crippen LogP contribution in [0.25, 0.3) is 11.1 Å². The van der Waals surface area contributed by atoms with Gasteiger partial charge in [0.1, 0.15) is 5.52 Å². The van der Waals surface area contributed by atoms with Crippen molar-refractivity contribution in [1.82, 2.24) is 4.98 Å². The molecule has 0 bridgehead atoms. The number of nitrogen functional groups attached to an aromatic ring is 1. The van der Waals surface area contributed by atoms with Crippen molar-refractivity contribution >= 4 is 46.0 Å². The van der Waals surface area contributed by atoms with Gasteiger partial charge in [0.15, 0.2) is 17.2 Å². The summed E-state index contributed by atoms with van der Waals surface area (Å²) in [6.45, 7) is 3.72. The number of hydrogen-bond donors (Lipinski definition) is 1. The Kier molecular flexibility index (Phi) is 6.67. The number of oxazole rings is 1. The second-order valence-electron chi connectivity index (χ2n) is 5.08. The molecular weight excluding hydrogens is 363 g/mol. The van der Waals surface area contributed by atoms with E-state index < -0.39 is 0 Å². The van der Waals surface area contributed by atoms with Gasteiger partial charge in [0.2, 0.25) is 0 Å². The van der Waals surface area contributed by atoms with Crippen LogP contribution in [0.15, 0.2) is 40.8 Å². The number of aromatic nitrogens is 1. The highest BCUT2D eigenvalue weighted by atomic mass is 35.5. The molecule has 0 fully saturated rings. The molecular formula is C18H18Cl2N2O3. The summed E-state index contributed by atoms with van der Waals surface area (Å²) >= 11 is 11.5. The Bertz CT molecular complexity index is 878. The Morgan fingerprint density at radius 2 is 1.84 bits per heavy atom. The zero-order valence-corrected chi connectivity index (χ0v) is 15.4. The Morgan fingerprint density at radius 1 is 1.16 bits per heavy atom. The van der Waals surface area contributed by atoms with Gasteiger partial charge in [0.05, 0.1) is 5.69 Å². The van der Waals surface area contributed by atoms with E-state index in [0.717, 1.165) is 23.4 Å². The van der Waals surface area contributed by atoms with Crippen LogP contribution in [-0.4, -0.2) is 11.0 Å². The number of carbonyl (C=O) groups is 1. The van der Waals surface area contributed by atoms with Gasteiger partial charge in [-0.05, 0) is 36.4 Å². The lowest BCUT2D eigenvalue weighted by atomic mass is 10.3. The maximum Gasteiger partial charge on any atom is 0.310 e. The number of ether oxygens (including phenoxy) is 1. The van der Waals surface area contributed by atoms with Gasteiger partial charge >= 0.3 is 5.97 Å². The van der Waals surface area contributed by atoms with Crippen molar-refractivity contribution in [1.29, 1.82) is 0 Å².